The van der Waals surface area contributed by atoms with E-state index in [1.807, 2.05) is 6.07 Å². The van der Waals surface area contributed by atoms with Crippen LogP contribution in [0.3, 0.4) is 0 Å². The first-order valence-electron chi connectivity index (χ1n) is 7.43. The van der Waals surface area contributed by atoms with E-state index in [2.05, 4.69) is 5.32 Å². The third-order valence-corrected chi connectivity index (χ3v) is 4.41. The van der Waals surface area contributed by atoms with Crippen molar-refractivity contribution in [3.8, 4) is 0 Å². The van der Waals surface area contributed by atoms with Gasteiger partial charge >= 0.3 is 0 Å². The van der Waals surface area contributed by atoms with Crippen molar-refractivity contribution in [2.75, 3.05) is 24.6 Å². The van der Waals surface area contributed by atoms with Gasteiger partial charge in [-0.3, -0.25) is 9.59 Å². The molecule has 0 aromatic heterocycles. The van der Waals surface area contributed by atoms with E-state index in [9.17, 15) is 14.7 Å². The van der Waals surface area contributed by atoms with Gasteiger partial charge in [-0.15, -0.1) is 0 Å². The maximum absolute atomic E-state index is 12.2. The highest BCUT2D eigenvalue weighted by Crippen LogP contribution is 2.44. The molecule has 112 valence electrons. The van der Waals surface area contributed by atoms with Gasteiger partial charge in [0.15, 0.2) is 0 Å². The lowest BCUT2D eigenvalue weighted by Gasteiger charge is -2.17. The Morgan fingerprint density at radius 2 is 2.19 bits per heavy atom. The van der Waals surface area contributed by atoms with E-state index in [1.165, 1.54) is 0 Å². The maximum Gasteiger partial charge on any atom is 0.251 e. The van der Waals surface area contributed by atoms with Crippen LogP contribution < -0.4 is 10.2 Å². The number of rotatable bonds is 5. The zero-order valence-electron chi connectivity index (χ0n) is 12.0. The second-order valence-electron chi connectivity index (χ2n) is 6.04. The molecule has 1 aliphatic heterocycles. The molecule has 2 aliphatic rings. The van der Waals surface area contributed by atoms with Crippen LogP contribution in [-0.2, 0) is 4.79 Å². The van der Waals surface area contributed by atoms with Gasteiger partial charge in [0.1, 0.15) is 0 Å². The number of aliphatic hydroxyl groups excluding tert-OH is 1. The fourth-order valence-electron chi connectivity index (χ4n) is 2.67. The van der Waals surface area contributed by atoms with Crippen molar-refractivity contribution in [3.05, 3.63) is 29.8 Å². The third-order valence-electron chi connectivity index (χ3n) is 4.41. The molecule has 1 heterocycles. The predicted octanol–water partition coefficient (Wildman–Crippen LogP) is 1.32. The molecule has 0 bridgehead atoms. The molecule has 2 N–H and O–H groups in total. The Kier molecular flexibility index (Phi) is 3.68. The smallest absolute Gasteiger partial charge is 0.251 e. The summed E-state index contributed by atoms with van der Waals surface area (Å²) in [5.74, 6) is -0.0343. The number of hydrogen-bond acceptors (Lipinski definition) is 3. The average molecular weight is 288 g/mol. The molecule has 5 heteroatoms. The van der Waals surface area contributed by atoms with E-state index in [1.54, 1.807) is 23.1 Å². The zero-order chi connectivity index (χ0) is 14.9. The molecule has 0 radical (unpaired) electrons. The minimum Gasteiger partial charge on any atom is -0.396 e. The summed E-state index contributed by atoms with van der Waals surface area (Å²) >= 11 is 0. The minimum atomic E-state index is -0.150. The minimum absolute atomic E-state index is 0.0990. The first-order valence-corrected chi connectivity index (χ1v) is 7.43. The average Bonchev–Trinajstić information content (AvgIpc) is 3.18. The molecule has 1 saturated heterocycles. The van der Waals surface area contributed by atoms with E-state index in [0.717, 1.165) is 31.5 Å². The molecule has 1 aromatic carbocycles. The van der Waals surface area contributed by atoms with Gasteiger partial charge in [0.2, 0.25) is 5.91 Å². The summed E-state index contributed by atoms with van der Waals surface area (Å²) < 4.78 is 0. The zero-order valence-corrected chi connectivity index (χ0v) is 12.0. The summed E-state index contributed by atoms with van der Waals surface area (Å²) in [6.45, 7) is 1.35. The molecule has 0 spiro atoms. The van der Waals surface area contributed by atoms with Crippen LogP contribution in [0.25, 0.3) is 0 Å². The van der Waals surface area contributed by atoms with Gasteiger partial charge in [-0.05, 0) is 37.5 Å². The van der Waals surface area contributed by atoms with Crippen molar-refractivity contribution < 1.29 is 14.7 Å². The molecule has 2 fully saturated rings. The van der Waals surface area contributed by atoms with E-state index in [4.69, 9.17) is 0 Å². The van der Waals surface area contributed by atoms with Crippen LogP contribution in [0, 0.1) is 5.41 Å². The van der Waals surface area contributed by atoms with Gasteiger partial charge in [-0.2, -0.15) is 0 Å². The highest BCUT2D eigenvalue weighted by molar-refractivity contribution is 5.99. The Balaban J connectivity index is 1.67. The van der Waals surface area contributed by atoms with Gasteiger partial charge in [0.25, 0.3) is 5.91 Å². The summed E-state index contributed by atoms with van der Waals surface area (Å²) in [4.78, 5) is 25.7. The van der Waals surface area contributed by atoms with Crippen LogP contribution in [0.5, 0.6) is 0 Å². The first-order chi connectivity index (χ1) is 10.1. The lowest BCUT2D eigenvalue weighted by molar-refractivity contribution is -0.117. The van der Waals surface area contributed by atoms with Crippen molar-refractivity contribution in [2.24, 2.45) is 5.41 Å². The molecule has 3 rings (SSSR count). The van der Waals surface area contributed by atoms with Gasteiger partial charge in [-0.25, -0.2) is 0 Å². The van der Waals surface area contributed by atoms with Crippen molar-refractivity contribution in [1.82, 2.24) is 5.32 Å². The van der Waals surface area contributed by atoms with Crippen LogP contribution in [0.4, 0.5) is 5.69 Å². The first kappa shape index (κ1) is 14.1. The van der Waals surface area contributed by atoms with Crippen LogP contribution in [-0.4, -0.2) is 36.6 Å². The second kappa shape index (κ2) is 5.48. The van der Waals surface area contributed by atoms with Gasteiger partial charge in [0, 0.05) is 36.2 Å². The summed E-state index contributed by atoms with van der Waals surface area (Å²) in [5.41, 5.74) is 1.24. The number of aliphatic hydroxyl groups is 1. The Morgan fingerprint density at radius 1 is 1.38 bits per heavy atom. The number of carbonyl (C=O) groups excluding carboxylic acids is 2. The SMILES string of the molecule is O=C(NCC1(CO)CC1)c1cccc(N2CCCC2=O)c1. The third kappa shape index (κ3) is 2.93. The lowest BCUT2D eigenvalue weighted by atomic mass is 10.1. The largest absolute Gasteiger partial charge is 0.396 e. The van der Waals surface area contributed by atoms with Crippen LogP contribution in [0.2, 0.25) is 0 Å². The number of nitrogens with zero attached hydrogens (tertiary/aromatic N) is 1. The molecule has 0 atom stereocenters. The molecule has 1 aromatic rings. The Bertz CT molecular complexity index is 566. The predicted molar refractivity (Wildman–Crippen MR) is 79.1 cm³/mol. The summed E-state index contributed by atoms with van der Waals surface area (Å²) in [5, 5.41) is 12.1. The fourth-order valence-corrected chi connectivity index (χ4v) is 2.67. The van der Waals surface area contributed by atoms with Crippen molar-refractivity contribution >= 4 is 17.5 Å². The monoisotopic (exact) mass is 288 g/mol. The quantitative estimate of drug-likeness (QED) is 0.858. The second-order valence-corrected chi connectivity index (χ2v) is 6.04. The maximum atomic E-state index is 12.2. The Hall–Kier alpha value is -1.88. The molecule has 0 unspecified atom stereocenters. The molecular weight excluding hydrogens is 268 g/mol. The van der Waals surface area contributed by atoms with E-state index >= 15 is 0 Å². The highest BCUT2D eigenvalue weighted by atomic mass is 16.3. The molecular formula is C16H20N2O3. The number of amides is 2. The Morgan fingerprint density at radius 3 is 2.81 bits per heavy atom. The molecule has 5 nitrogen and oxygen atoms in total. The molecule has 21 heavy (non-hydrogen) atoms. The number of anilines is 1. The number of nitrogens with one attached hydrogen (secondary N) is 1. The summed E-state index contributed by atoms with van der Waals surface area (Å²) in [6.07, 6.45) is 3.38. The highest BCUT2D eigenvalue weighted by Gasteiger charge is 2.42. The van der Waals surface area contributed by atoms with E-state index in [-0.39, 0.29) is 23.8 Å². The fraction of sp³-hybridized carbons (Fsp3) is 0.500. The van der Waals surface area contributed by atoms with Crippen LogP contribution in [0.1, 0.15) is 36.0 Å². The Labute approximate surface area is 123 Å². The van der Waals surface area contributed by atoms with E-state index < -0.39 is 0 Å². The summed E-state index contributed by atoms with van der Waals surface area (Å²) in [7, 11) is 0. The van der Waals surface area contributed by atoms with Gasteiger partial charge < -0.3 is 15.3 Å². The van der Waals surface area contributed by atoms with Crippen molar-refractivity contribution in [2.45, 2.75) is 25.7 Å². The van der Waals surface area contributed by atoms with Gasteiger partial charge in [0.05, 0.1) is 6.61 Å². The standard InChI is InChI=1S/C16H20N2O3/c19-11-16(6-7-16)10-17-15(21)12-3-1-4-13(9-12)18-8-2-5-14(18)20/h1,3-4,9,19H,2,5-8,10-11H2,(H,17,21). The van der Waals surface area contributed by atoms with E-state index in [0.29, 0.717) is 18.5 Å². The molecule has 2 amide bonds. The number of benzene rings is 1. The summed E-state index contributed by atoms with van der Waals surface area (Å²) in [6, 6.07) is 7.17. The van der Waals surface area contributed by atoms with Crippen LogP contribution in [0.15, 0.2) is 24.3 Å². The van der Waals surface area contributed by atoms with Crippen LogP contribution >= 0.6 is 0 Å². The van der Waals surface area contributed by atoms with Crippen molar-refractivity contribution in [3.63, 3.8) is 0 Å². The van der Waals surface area contributed by atoms with Crippen molar-refractivity contribution in [1.29, 1.82) is 0 Å². The normalized spacial score (nSPS) is 19.7. The molecule has 1 saturated carbocycles. The number of hydrogen-bond donors (Lipinski definition) is 2. The van der Waals surface area contributed by atoms with Gasteiger partial charge in [-0.1, -0.05) is 6.07 Å². The molecule has 1 aliphatic carbocycles. The number of carbonyl (C=O) groups is 2. The topological polar surface area (TPSA) is 69.6 Å². The lowest BCUT2D eigenvalue weighted by Crippen LogP contribution is -2.32.